The molecular formula is C19H14Cl2N2OS. The van der Waals surface area contributed by atoms with E-state index in [9.17, 15) is 4.79 Å². The van der Waals surface area contributed by atoms with Crippen LogP contribution in [0.15, 0.2) is 70.1 Å². The normalized spacial score (nSPS) is 18.0. The quantitative estimate of drug-likeness (QED) is 0.671. The van der Waals surface area contributed by atoms with Gasteiger partial charge in [0.05, 0.1) is 20.6 Å². The van der Waals surface area contributed by atoms with E-state index in [2.05, 4.69) is 10.3 Å². The van der Waals surface area contributed by atoms with E-state index in [1.54, 1.807) is 18.2 Å². The summed E-state index contributed by atoms with van der Waals surface area (Å²) in [5.74, 6) is -0.178. The van der Waals surface area contributed by atoms with E-state index in [0.717, 1.165) is 11.1 Å². The minimum Gasteiger partial charge on any atom is -0.300 e. The summed E-state index contributed by atoms with van der Waals surface area (Å²) < 4.78 is 0. The number of nitrogens with zero attached hydrogens (tertiary/aromatic N) is 1. The van der Waals surface area contributed by atoms with Gasteiger partial charge < -0.3 is 5.32 Å². The van der Waals surface area contributed by atoms with Crippen molar-refractivity contribution in [2.75, 3.05) is 0 Å². The van der Waals surface area contributed by atoms with Gasteiger partial charge in [-0.05, 0) is 48.0 Å². The first kappa shape index (κ1) is 17.8. The molecule has 126 valence electrons. The average Bonchev–Trinajstić information content (AvgIpc) is 2.92. The second kappa shape index (κ2) is 7.91. The monoisotopic (exact) mass is 388 g/mol. The molecule has 0 saturated carbocycles. The molecule has 1 saturated heterocycles. The fourth-order valence-corrected chi connectivity index (χ4v) is 3.45. The molecule has 0 aliphatic carbocycles. The van der Waals surface area contributed by atoms with Gasteiger partial charge >= 0.3 is 0 Å². The standard InChI is InChI=1S/C19H14Cl2N2OS/c1-12(10-13-6-3-2-4-7-13)11-16-18(24)23-19(25-16)22-15-9-5-8-14(20)17(15)21/h2-11H,1H3,(H,22,23,24). The second-order valence-electron chi connectivity index (χ2n) is 5.35. The zero-order valence-corrected chi connectivity index (χ0v) is 15.6. The lowest BCUT2D eigenvalue weighted by Gasteiger charge is -2.00. The number of amidine groups is 1. The summed E-state index contributed by atoms with van der Waals surface area (Å²) in [5, 5.41) is 4.02. The molecule has 0 radical (unpaired) electrons. The highest BCUT2D eigenvalue weighted by atomic mass is 35.5. The predicted molar refractivity (Wildman–Crippen MR) is 107 cm³/mol. The maximum Gasteiger partial charge on any atom is 0.264 e. The number of amides is 1. The number of thioether (sulfide) groups is 1. The third-order valence-corrected chi connectivity index (χ3v) is 5.08. The maximum absolute atomic E-state index is 12.1. The molecule has 3 rings (SSSR count). The molecule has 1 aliphatic rings. The van der Waals surface area contributed by atoms with Crippen LogP contribution in [-0.2, 0) is 4.79 Å². The Morgan fingerprint density at radius 2 is 1.88 bits per heavy atom. The van der Waals surface area contributed by atoms with Crippen molar-refractivity contribution in [1.82, 2.24) is 5.32 Å². The molecule has 0 atom stereocenters. The van der Waals surface area contributed by atoms with Gasteiger partial charge in [0.1, 0.15) is 0 Å². The molecule has 2 aromatic rings. The zero-order chi connectivity index (χ0) is 17.8. The number of aliphatic imine (C=N–C) groups is 1. The van der Waals surface area contributed by atoms with Crippen molar-refractivity contribution in [3.8, 4) is 0 Å². The van der Waals surface area contributed by atoms with Crippen molar-refractivity contribution < 1.29 is 4.79 Å². The van der Waals surface area contributed by atoms with E-state index >= 15 is 0 Å². The van der Waals surface area contributed by atoms with Crippen LogP contribution in [0.5, 0.6) is 0 Å². The number of benzene rings is 2. The Morgan fingerprint density at radius 1 is 1.12 bits per heavy atom. The summed E-state index contributed by atoms with van der Waals surface area (Å²) in [5.41, 5.74) is 2.58. The van der Waals surface area contributed by atoms with Gasteiger partial charge in [-0.2, -0.15) is 0 Å². The van der Waals surface area contributed by atoms with Crippen LogP contribution in [0, 0.1) is 0 Å². The zero-order valence-electron chi connectivity index (χ0n) is 13.3. The van der Waals surface area contributed by atoms with Gasteiger partial charge in [0.25, 0.3) is 5.91 Å². The molecule has 1 aliphatic heterocycles. The van der Waals surface area contributed by atoms with Crippen LogP contribution in [0.2, 0.25) is 10.0 Å². The van der Waals surface area contributed by atoms with Gasteiger partial charge in [-0.1, -0.05) is 65.7 Å². The Kier molecular flexibility index (Phi) is 5.63. The fraction of sp³-hybridized carbons (Fsp3) is 0.0526. The molecular weight excluding hydrogens is 375 g/mol. The highest BCUT2D eigenvalue weighted by molar-refractivity contribution is 8.18. The van der Waals surface area contributed by atoms with E-state index < -0.39 is 0 Å². The van der Waals surface area contributed by atoms with Crippen LogP contribution in [0.1, 0.15) is 12.5 Å². The van der Waals surface area contributed by atoms with Gasteiger partial charge in [0.15, 0.2) is 5.17 Å². The second-order valence-corrected chi connectivity index (χ2v) is 7.17. The first-order valence-corrected chi connectivity index (χ1v) is 9.07. The first-order chi connectivity index (χ1) is 12.0. The molecule has 1 heterocycles. The van der Waals surface area contributed by atoms with Crippen LogP contribution in [-0.4, -0.2) is 11.1 Å². The Bertz CT molecular complexity index is 905. The van der Waals surface area contributed by atoms with Crippen molar-refractivity contribution in [2.24, 2.45) is 4.99 Å². The minimum atomic E-state index is -0.178. The van der Waals surface area contributed by atoms with E-state index in [1.165, 1.54) is 11.8 Å². The number of nitrogens with one attached hydrogen (secondary N) is 1. The Labute approximate surface area is 160 Å². The maximum atomic E-state index is 12.1. The molecule has 1 N–H and O–H groups in total. The third-order valence-electron chi connectivity index (χ3n) is 3.36. The van der Waals surface area contributed by atoms with Crippen molar-refractivity contribution in [2.45, 2.75) is 6.92 Å². The number of halogens is 2. The lowest BCUT2D eigenvalue weighted by molar-refractivity contribution is -0.115. The Morgan fingerprint density at radius 3 is 2.64 bits per heavy atom. The molecule has 0 spiro atoms. The molecule has 3 nitrogen and oxygen atoms in total. The molecule has 0 bridgehead atoms. The van der Waals surface area contributed by atoms with Crippen LogP contribution in [0.25, 0.3) is 6.08 Å². The molecule has 25 heavy (non-hydrogen) atoms. The van der Waals surface area contributed by atoms with Crippen molar-refractivity contribution in [3.63, 3.8) is 0 Å². The van der Waals surface area contributed by atoms with Gasteiger partial charge in [-0.25, -0.2) is 4.99 Å². The number of rotatable bonds is 3. The first-order valence-electron chi connectivity index (χ1n) is 7.50. The van der Waals surface area contributed by atoms with Crippen LogP contribution in [0.4, 0.5) is 5.69 Å². The number of carbonyl (C=O) groups excluding carboxylic acids is 1. The summed E-state index contributed by atoms with van der Waals surface area (Å²) in [6.07, 6.45) is 3.86. The molecule has 2 aromatic carbocycles. The Balaban J connectivity index is 1.81. The van der Waals surface area contributed by atoms with E-state index in [-0.39, 0.29) is 5.91 Å². The lowest BCUT2D eigenvalue weighted by atomic mass is 10.1. The summed E-state index contributed by atoms with van der Waals surface area (Å²) in [6.45, 7) is 1.96. The van der Waals surface area contributed by atoms with Crippen molar-refractivity contribution in [1.29, 1.82) is 0 Å². The smallest absolute Gasteiger partial charge is 0.264 e. The topological polar surface area (TPSA) is 41.5 Å². The third kappa shape index (κ3) is 4.54. The number of hydrogen-bond acceptors (Lipinski definition) is 3. The van der Waals surface area contributed by atoms with Crippen LogP contribution < -0.4 is 5.32 Å². The van der Waals surface area contributed by atoms with Crippen LogP contribution in [0.3, 0.4) is 0 Å². The molecule has 0 unspecified atom stereocenters. The minimum absolute atomic E-state index is 0.178. The lowest BCUT2D eigenvalue weighted by Crippen LogP contribution is -2.19. The number of allylic oxidation sites excluding steroid dienone is 2. The summed E-state index contributed by atoms with van der Waals surface area (Å²) in [4.78, 5) is 17.1. The summed E-state index contributed by atoms with van der Waals surface area (Å²) >= 11 is 13.4. The Hall–Kier alpha value is -2.01. The molecule has 1 amide bonds. The number of carbonyl (C=O) groups is 1. The van der Waals surface area contributed by atoms with Crippen molar-refractivity contribution in [3.05, 3.63) is 80.7 Å². The summed E-state index contributed by atoms with van der Waals surface area (Å²) in [7, 11) is 0. The van der Waals surface area contributed by atoms with Gasteiger partial charge in [0.2, 0.25) is 0 Å². The van der Waals surface area contributed by atoms with Gasteiger partial charge in [-0.15, -0.1) is 0 Å². The molecule has 6 heteroatoms. The number of hydrogen-bond donors (Lipinski definition) is 1. The van der Waals surface area contributed by atoms with Crippen molar-refractivity contribution >= 4 is 57.8 Å². The van der Waals surface area contributed by atoms with Gasteiger partial charge in [0, 0.05) is 0 Å². The van der Waals surface area contributed by atoms with E-state index in [0.29, 0.717) is 25.8 Å². The molecule has 1 fully saturated rings. The average molecular weight is 389 g/mol. The van der Waals surface area contributed by atoms with E-state index in [1.807, 2.05) is 49.4 Å². The van der Waals surface area contributed by atoms with Gasteiger partial charge in [-0.3, -0.25) is 4.79 Å². The predicted octanol–water partition coefficient (Wildman–Crippen LogP) is 5.83. The van der Waals surface area contributed by atoms with Crippen LogP contribution >= 0.6 is 35.0 Å². The SMILES string of the molecule is CC(=Cc1ccccc1)C=C1SC(=Nc2cccc(Cl)c2Cl)NC1=O. The largest absolute Gasteiger partial charge is 0.300 e. The highest BCUT2D eigenvalue weighted by Gasteiger charge is 2.24. The summed E-state index contributed by atoms with van der Waals surface area (Å²) in [6, 6.07) is 15.1. The highest BCUT2D eigenvalue weighted by Crippen LogP contribution is 2.34. The molecule has 0 aromatic heterocycles. The van der Waals surface area contributed by atoms with E-state index in [4.69, 9.17) is 23.2 Å². The fourth-order valence-electron chi connectivity index (χ4n) is 2.23.